The first kappa shape index (κ1) is 10.9. The highest BCUT2D eigenvalue weighted by Crippen LogP contribution is 2.12. The minimum Gasteiger partial charge on any atom is -0.508 e. The molecule has 0 bridgehead atoms. The number of carboxylic acids is 1. The van der Waals surface area contributed by atoms with Gasteiger partial charge < -0.3 is 10.2 Å². The Balaban J connectivity index is 2.61. The van der Waals surface area contributed by atoms with Gasteiger partial charge in [0.05, 0.1) is 0 Å². The van der Waals surface area contributed by atoms with Crippen molar-refractivity contribution in [3.63, 3.8) is 0 Å². The number of rotatable bonds is 2. The van der Waals surface area contributed by atoms with Crippen LogP contribution in [-0.4, -0.2) is 20.7 Å². The minimum atomic E-state index is -1.26. The van der Waals surface area contributed by atoms with Gasteiger partial charge in [0.15, 0.2) is 0 Å². The average Bonchev–Trinajstić information content (AvgIpc) is 2.30. The molecule has 0 spiro atoms. The first-order valence-corrected chi connectivity index (χ1v) is 4.84. The maximum absolute atomic E-state index is 11.8. The number of benzene rings is 1. The summed E-state index contributed by atoms with van der Waals surface area (Å²) in [6.45, 7) is 0. The number of aromatic hydroxyl groups is 1. The van der Waals surface area contributed by atoms with Crippen LogP contribution in [0, 0.1) is 0 Å². The highest BCUT2D eigenvalue weighted by molar-refractivity contribution is 5.87. The fourth-order valence-electron chi connectivity index (χ4n) is 1.47. The highest BCUT2D eigenvalue weighted by atomic mass is 16.4. The number of aromatic nitrogens is 1. The van der Waals surface area contributed by atoms with Gasteiger partial charge in [-0.2, -0.15) is 0 Å². The van der Waals surface area contributed by atoms with Crippen LogP contribution in [0.15, 0.2) is 47.4 Å². The zero-order valence-electron chi connectivity index (χ0n) is 8.70. The molecule has 5 nitrogen and oxygen atoms in total. The molecule has 2 aromatic rings. The molecule has 0 aliphatic heterocycles. The van der Waals surface area contributed by atoms with Crippen LogP contribution in [0.2, 0.25) is 0 Å². The number of carbonyl (C=O) groups is 1. The van der Waals surface area contributed by atoms with E-state index in [4.69, 9.17) is 10.2 Å². The van der Waals surface area contributed by atoms with Crippen LogP contribution >= 0.6 is 0 Å². The lowest BCUT2D eigenvalue weighted by molar-refractivity contribution is 0.0694. The lowest BCUT2D eigenvalue weighted by Gasteiger charge is -2.06. The number of pyridine rings is 1. The summed E-state index contributed by atoms with van der Waals surface area (Å²) in [5.74, 6) is -1.18. The van der Waals surface area contributed by atoms with Crippen molar-refractivity contribution in [1.82, 2.24) is 4.57 Å². The molecule has 0 unspecified atom stereocenters. The molecule has 5 heteroatoms. The van der Waals surface area contributed by atoms with Crippen molar-refractivity contribution in [2.45, 2.75) is 0 Å². The molecule has 0 saturated carbocycles. The lowest BCUT2D eigenvalue weighted by Crippen LogP contribution is -2.24. The van der Waals surface area contributed by atoms with Crippen LogP contribution < -0.4 is 5.56 Å². The second-order valence-electron chi connectivity index (χ2n) is 3.42. The van der Waals surface area contributed by atoms with Gasteiger partial charge in [-0.25, -0.2) is 4.79 Å². The maximum Gasteiger partial charge on any atom is 0.341 e. The molecule has 1 aromatic carbocycles. The summed E-state index contributed by atoms with van der Waals surface area (Å²) in [6.07, 6.45) is 1.47. The average molecular weight is 231 g/mol. The van der Waals surface area contributed by atoms with Crippen LogP contribution in [0.5, 0.6) is 5.75 Å². The van der Waals surface area contributed by atoms with E-state index in [9.17, 15) is 9.59 Å². The molecule has 86 valence electrons. The Morgan fingerprint density at radius 2 is 1.76 bits per heavy atom. The fraction of sp³-hybridized carbons (Fsp3) is 0. The van der Waals surface area contributed by atoms with Gasteiger partial charge in [-0.3, -0.25) is 9.36 Å². The van der Waals surface area contributed by atoms with Crippen LogP contribution in [0.4, 0.5) is 0 Å². The molecule has 0 fully saturated rings. The molecule has 0 aliphatic rings. The molecule has 0 saturated heterocycles. The third-order valence-electron chi connectivity index (χ3n) is 2.31. The van der Waals surface area contributed by atoms with Crippen molar-refractivity contribution in [3.05, 3.63) is 58.5 Å². The number of hydrogen-bond donors (Lipinski definition) is 2. The van der Waals surface area contributed by atoms with Gasteiger partial charge in [0, 0.05) is 11.9 Å². The van der Waals surface area contributed by atoms with E-state index in [0.29, 0.717) is 5.69 Å². The van der Waals surface area contributed by atoms with Gasteiger partial charge in [-0.1, -0.05) is 0 Å². The number of nitrogens with zero attached hydrogens (tertiary/aromatic N) is 1. The van der Waals surface area contributed by atoms with Gasteiger partial charge in [0.25, 0.3) is 5.56 Å². The summed E-state index contributed by atoms with van der Waals surface area (Å²) in [4.78, 5) is 22.6. The molecule has 2 rings (SSSR count). The SMILES string of the molecule is O=C(O)c1cccn(-c2ccc(O)cc2)c1=O. The third-order valence-corrected chi connectivity index (χ3v) is 2.31. The molecule has 1 heterocycles. The topological polar surface area (TPSA) is 79.5 Å². The van der Waals surface area contributed by atoms with Crippen LogP contribution in [-0.2, 0) is 0 Å². The molecular weight excluding hydrogens is 222 g/mol. The van der Waals surface area contributed by atoms with Gasteiger partial charge in [-0.05, 0) is 36.4 Å². The zero-order chi connectivity index (χ0) is 12.4. The summed E-state index contributed by atoms with van der Waals surface area (Å²) in [5, 5.41) is 18.0. The predicted octanol–water partition coefficient (Wildman–Crippen LogP) is 1.24. The smallest absolute Gasteiger partial charge is 0.341 e. The van der Waals surface area contributed by atoms with Crippen molar-refractivity contribution in [2.24, 2.45) is 0 Å². The number of hydrogen-bond acceptors (Lipinski definition) is 3. The highest BCUT2D eigenvalue weighted by Gasteiger charge is 2.10. The quantitative estimate of drug-likeness (QED) is 0.814. The molecule has 0 atom stereocenters. The van der Waals surface area contributed by atoms with Crippen molar-refractivity contribution in [3.8, 4) is 11.4 Å². The van der Waals surface area contributed by atoms with E-state index in [1.807, 2.05) is 0 Å². The molecular formula is C12H9NO4. The fourth-order valence-corrected chi connectivity index (χ4v) is 1.47. The molecule has 0 radical (unpaired) electrons. The van der Waals surface area contributed by atoms with Crippen molar-refractivity contribution < 1.29 is 15.0 Å². The van der Waals surface area contributed by atoms with Crippen molar-refractivity contribution in [1.29, 1.82) is 0 Å². The number of phenolic OH excluding ortho intramolecular Hbond substituents is 1. The third kappa shape index (κ3) is 2.03. The van der Waals surface area contributed by atoms with E-state index in [-0.39, 0.29) is 11.3 Å². The van der Waals surface area contributed by atoms with E-state index in [1.165, 1.54) is 47.2 Å². The number of phenols is 1. The summed E-state index contributed by atoms with van der Waals surface area (Å²) in [7, 11) is 0. The maximum atomic E-state index is 11.8. The van der Waals surface area contributed by atoms with Crippen LogP contribution in [0.25, 0.3) is 5.69 Å². The Kier molecular flexibility index (Phi) is 2.66. The standard InChI is InChI=1S/C12H9NO4/c14-9-5-3-8(4-6-9)13-7-1-2-10(11(13)15)12(16)17/h1-7,14H,(H,16,17). The Bertz CT molecular complexity index is 613. The molecule has 1 aromatic heterocycles. The molecule has 2 N–H and O–H groups in total. The van der Waals surface area contributed by atoms with E-state index >= 15 is 0 Å². The van der Waals surface area contributed by atoms with E-state index in [2.05, 4.69) is 0 Å². The minimum absolute atomic E-state index is 0.0798. The van der Waals surface area contributed by atoms with Gasteiger partial charge in [0.2, 0.25) is 0 Å². The monoisotopic (exact) mass is 231 g/mol. The van der Waals surface area contributed by atoms with E-state index < -0.39 is 11.5 Å². The van der Waals surface area contributed by atoms with Crippen LogP contribution in [0.3, 0.4) is 0 Å². The largest absolute Gasteiger partial charge is 0.508 e. The lowest BCUT2D eigenvalue weighted by atomic mass is 10.2. The molecule has 17 heavy (non-hydrogen) atoms. The summed E-state index contributed by atoms with van der Waals surface area (Å²) in [5.41, 5.74) is -0.401. The Labute approximate surface area is 96.2 Å². The number of carboxylic acid groups (broad SMARTS) is 1. The van der Waals surface area contributed by atoms with Crippen molar-refractivity contribution in [2.75, 3.05) is 0 Å². The Morgan fingerprint density at radius 3 is 2.35 bits per heavy atom. The van der Waals surface area contributed by atoms with E-state index in [0.717, 1.165) is 0 Å². The zero-order valence-corrected chi connectivity index (χ0v) is 8.70. The molecule has 0 amide bonds. The van der Waals surface area contributed by atoms with Gasteiger partial charge >= 0.3 is 5.97 Å². The first-order valence-electron chi connectivity index (χ1n) is 4.84. The van der Waals surface area contributed by atoms with E-state index in [1.54, 1.807) is 0 Å². The second kappa shape index (κ2) is 4.13. The number of aromatic carboxylic acids is 1. The van der Waals surface area contributed by atoms with Gasteiger partial charge in [-0.15, -0.1) is 0 Å². The summed E-state index contributed by atoms with van der Waals surface area (Å²) < 4.78 is 1.21. The summed E-state index contributed by atoms with van der Waals surface area (Å²) in [6, 6.07) is 8.65. The van der Waals surface area contributed by atoms with Gasteiger partial charge in [0.1, 0.15) is 11.3 Å². The first-order chi connectivity index (χ1) is 8.09. The molecule has 0 aliphatic carbocycles. The van der Waals surface area contributed by atoms with Crippen molar-refractivity contribution >= 4 is 5.97 Å². The second-order valence-corrected chi connectivity index (χ2v) is 3.42. The van der Waals surface area contributed by atoms with Crippen LogP contribution in [0.1, 0.15) is 10.4 Å². The normalized spacial score (nSPS) is 10.1. The predicted molar refractivity (Wildman–Crippen MR) is 60.7 cm³/mol. The Morgan fingerprint density at radius 1 is 1.12 bits per heavy atom. The Hall–Kier alpha value is -2.56. The summed E-state index contributed by atoms with van der Waals surface area (Å²) >= 11 is 0.